The van der Waals surface area contributed by atoms with Crippen molar-refractivity contribution in [3.8, 4) is 0 Å². The van der Waals surface area contributed by atoms with E-state index in [-0.39, 0.29) is 11.5 Å². The van der Waals surface area contributed by atoms with Crippen molar-refractivity contribution in [1.29, 1.82) is 0 Å². The maximum atomic E-state index is 12.0. The summed E-state index contributed by atoms with van der Waals surface area (Å²) in [7, 11) is 0. The molecule has 0 aliphatic heterocycles. The van der Waals surface area contributed by atoms with Crippen molar-refractivity contribution in [1.82, 2.24) is 10.9 Å². The Morgan fingerprint density at radius 1 is 0.875 bits per heavy atom. The second-order valence-corrected chi connectivity index (χ2v) is 4.91. The molecule has 0 bridgehead atoms. The summed E-state index contributed by atoms with van der Waals surface area (Å²) >= 11 is 0. The van der Waals surface area contributed by atoms with Gasteiger partial charge in [-0.05, 0) is 23.8 Å². The number of hydrogen-bond donors (Lipinski definition) is 3. The third-order valence-electron chi connectivity index (χ3n) is 3.01. The lowest BCUT2D eigenvalue weighted by Crippen LogP contribution is -2.40. The van der Waals surface area contributed by atoms with Gasteiger partial charge in [0.25, 0.3) is 5.91 Å². The van der Waals surface area contributed by atoms with Crippen molar-refractivity contribution >= 4 is 29.5 Å². The molecule has 0 aromatic heterocycles. The molecule has 3 N–H and O–H groups in total. The summed E-state index contributed by atoms with van der Waals surface area (Å²) < 4.78 is 0. The zero-order valence-electron chi connectivity index (χ0n) is 13.1. The molecule has 6 nitrogen and oxygen atoms in total. The summed E-state index contributed by atoms with van der Waals surface area (Å²) in [4.78, 5) is 34.9. The van der Waals surface area contributed by atoms with Crippen molar-refractivity contribution < 1.29 is 14.4 Å². The Labute approximate surface area is 139 Å². The van der Waals surface area contributed by atoms with Gasteiger partial charge in [0.15, 0.2) is 0 Å². The van der Waals surface area contributed by atoms with Crippen LogP contribution in [0.25, 0.3) is 6.08 Å². The fourth-order valence-electron chi connectivity index (χ4n) is 1.91. The van der Waals surface area contributed by atoms with E-state index in [0.717, 1.165) is 5.56 Å². The number of anilines is 1. The number of hydrazine groups is 1. The van der Waals surface area contributed by atoms with Crippen molar-refractivity contribution in [3.63, 3.8) is 0 Å². The zero-order chi connectivity index (χ0) is 17.4. The molecule has 0 heterocycles. The number of hydrogen-bond acceptors (Lipinski definition) is 3. The number of carbonyl (C=O) groups is 3. The molecule has 0 spiro atoms. The molecular weight excluding hydrogens is 306 g/mol. The molecule has 0 fully saturated rings. The van der Waals surface area contributed by atoms with E-state index in [1.165, 1.54) is 13.0 Å². The SMILES string of the molecule is CC(=O)NNC(=O)c1ccccc1NC(=O)/C=C/c1ccccc1. The summed E-state index contributed by atoms with van der Waals surface area (Å²) in [6.07, 6.45) is 3.06. The second kappa shape index (κ2) is 8.28. The highest BCUT2D eigenvalue weighted by atomic mass is 16.2. The molecule has 2 rings (SSSR count). The molecule has 0 aliphatic rings. The Kier molecular flexibility index (Phi) is 5.85. The van der Waals surface area contributed by atoms with Gasteiger partial charge < -0.3 is 5.32 Å². The fourth-order valence-corrected chi connectivity index (χ4v) is 1.91. The van der Waals surface area contributed by atoms with Crippen LogP contribution in [0, 0.1) is 0 Å². The van der Waals surface area contributed by atoms with Crippen LogP contribution in [0.2, 0.25) is 0 Å². The molecule has 122 valence electrons. The Balaban J connectivity index is 2.06. The second-order valence-electron chi connectivity index (χ2n) is 4.91. The van der Waals surface area contributed by atoms with Crippen LogP contribution in [0.4, 0.5) is 5.69 Å². The summed E-state index contributed by atoms with van der Waals surface area (Å²) in [6.45, 7) is 1.28. The average molecular weight is 323 g/mol. The molecular formula is C18H17N3O3. The fraction of sp³-hybridized carbons (Fsp3) is 0.0556. The van der Waals surface area contributed by atoms with E-state index in [1.54, 1.807) is 30.3 Å². The van der Waals surface area contributed by atoms with Gasteiger partial charge in [-0.3, -0.25) is 25.2 Å². The number of carbonyl (C=O) groups excluding carboxylic acids is 3. The largest absolute Gasteiger partial charge is 0.322 e. The lowest BCUT2D eigenvalue weighted by atomic mass is 10.1. The number of nitrogens with one attached hydrogen (secondary N) is 3. The van der Waals surface area contributed by atoms with E-state index in [9.17, 15) is 14.4 Å². The third-order valence-corrected chi connectivity index (χ3v) is 3.01. The first-order valence-electron chi connectivity index (χ1n) is 7.26. The quantitative estimate of drug-likeness (QED) is 0.595. The minimum atomic E-state index is -0.520. The zero-order valence-corrected chi connectivity index (χ0v) is 13.1. The monoisotopic (exact) mass is 323 g/mol. The molecule has 0 atom stereocenters. The number of benzene rings is 2. The molecule has 6 heteroatoms. The van der Waals surface area contributed by atoms with E-state index in [4.69, 9.17) is 0 Å². The predicted molar refractivity (Wildman–Crippen MR) is 91.8 cm³/mol. The van der Waals surface area contributed by atoms with Crippen LogP contribution in [0.15, 0.2) is 60.7 Å². The maximum Gasteiger partial charge on any atom is 0.271 e. The molecule has 24 heavy (non-hydrogen) atoms. The highest BCUT2D eigenvalue weighted by Crippen LogP contribution is 2.15. The highest BCUT2D eigenvalue weighted by Gasteiger charge is 2.12. The van der Waals surface area contributed by atoms with E-state index < -0.39 is 11.8 Å². The maximum absolute atomic E-state index is 12.0. The van der Waals surface area contributed by atoms with Crippen molar-refractivity contribution in [2.75, 3.05) is 5.32 Å². The van der Waals surface area contributed by atoms with Crippen LogP contribution in [-0.2, 0) is 9.59 Å². The lowest BCUT2D eigenvalue weighted by Gasteiger charge is -2.10. The summed E-state index contributed by atoms with van der Waals surface area (Å²) in [5.41, 5.74) is 5.95. The standard InChI is InChI=1S/C18H17N3O3/c1-13(22)20-21-18(24)15-9-5-6-10-16(15)19-17(23)12-11-14-7-3-2-4-8-14/h2-12H,1H3,(H,19,23)(H,20,22)(H,21,24)/b12-11+. The van der Waals surface area contributed by atoms with Crippen LogP contribution >= 0.6 is 0 Å². The normalized spacial score (nSPS) is 10.2. The molecule has 0 saturated heterocycles. The lowest BCUT2D eigenvalue weighted by molar-refractivity contribution is -0.119. The Hall–Kier alpha value is -3.41. The topological polar surface area (TPSA) is 87.3 Å². The first-order chi connectivity index (χ1) is 11.6. The van der Waals surface area contributed by atoms with Gasteiger partial charge in [-0.1, -0.05) is 42.5 Å². The summed E-state index contributed by atoms with van der Waals surface area (Å²) in [5, 5.41) is 2.65. The van der Waals surface area contributed by atoms with E-state index in [0.29, 0.717) is 5.69 Å². The van der Waals surface area contributed by atoms with Crippen LogP contribution in [0.1, 0.15) is 22.8 Å². The first-order valence-corrected chi connectivity index (χ1v) is 7.26. The average Bonchev–Trinajstić information content (AvgIpc) is 2.59. The molecule has 0 aliphatic carbocycles. The highest BCUT2D eigenvalue weighted by molar-refractivity contribution is 6.07. The number of amides is 3. The molecule has 0 saturated carbocycles. The van der Waals surface area contributed by atoms with Gasteiger partial charge >= 0.3 is 0 Å². The minimum absolute atomic E-state index is 0.243. The smallest absolute Gasteiger partial charge is 0.271 e. The number of para-hydroxylation sites is 1. The third kappa shape index (κ3) is 5.10. The molecule has 2 aromatic carbocycles. The van der Waals surface area contributed by atoms with E-state index in [1.807, 2.05) is 30.3 Å². The van der Waals surface area contributed by atoms with Gasteiger partial charge in [-0.25, -0.2) is 0 Å². The van der Waals surface area contributed by atoms with E-state index in [2.05, 4.69) is 16.2 Å². The van der Waals surface area contributed by atoms with Crippen LogP contribution in [0.5, 0.6) is 0 Å². The molecule has 0 unspecified atom stereocenters. The Morgan fingerprint density at radius 3 is 2.25 bits per heavy atom. The van der Waals surface area contributed by atoms with Gasteiger partial charge in [-0.2, -0.15) is 0 Å². The molecule has 2 aromatic rings. The van der Waals surface area contributed by atoms with Crippen LogP contribution < -0.4 is 16.2 Å². The summed E-state index contributed by atoms with van der Waals surface area (Å²) in [6, 6.07) is 15.9. The molecule has 0 radical (unpaired) electrons. The van der Waals surface area contributed by atoms with E-state index >= 15 is 0 Å². The van der Waals surface area contributed by atoms with Gasteiger partial charge in [-0.15, -0.1) is 0 Å². The van der Waals surface area contributed by atoms with Gasteiger partial charge in [0, 0.05) is 13.0 Å². The number of rotatable bonds is 4. The first kappa shape index (κ1) is 17.0. The van der Waals surface area contributed by atoms with Gasteiger partial charge in [0.05, 0.1) is 11.3 Å². The van der Waals surface area contributed by atoms with Crippen LogP contribution in [-0.4, -0.2) is 17.7 Å². The van der Waals surface area contributed by atoms with Crippen molar-refractivity contribution in [2.24, 2.45) is 0 Å². The van der Waals surface area contributed by atoms with Gasteiger partial charge in [0.1, 0.15) is 0 Å². The Bertz CT molecular complexity index is 770. The summed E-state index contributed by atoms with van der Waals surface area (Å²) in [5.74, 6) is -1.28. The molecule has 3 amide bonds. The van der Waals surface area contributed by atoms with Crippen LogP contribution in [0.3, 0.4) is 0 Å². The minimum Gasteiger partial charge on any atom is -0.322 e. The predicted octanol–water partition coefficient (Wildman–Crippen LogP) is 2.12. The van der Waals surface area contributed by atoms with Crippen molar-refractivity contribution in [2.45, 2.75) is 6.92 Å². The Morgan fingerprint density at radius 2 is 1.54 bits per heavy atom. The van der Waals surface area contributed by atoms with Crippen molar-refractivity contribution in [3.05, 3.63) is 71.8 Å². The van der Waals surface area contributed by atoms with Gasteiger partial charge in [0.2, 0.25) is 11.8 Å².